The second-order valence-electron chi connectivity index (χ2n) is 3.79. The molecular formula is C12H10BrN3S. The maximum absolute atomic E-state index is 4.47. The predicted octanol–water partition coefficient (Wildman–Crippen LogP) is 3.57. The summed E-state index contributed by atoms with van der Waals surface area (Å²) in [5, 5.41) is 2.10. The van der Waals surface area contributed by atoms with Crippen LogP contribution in [0.2, 0.25) is 0 Å². The van der Waals surface area contributed by atoms with Crippen molar-refractivity contribution < 1.29 is 0 Å². The minimum atomic E-state index is 0.786. The Morgan fingerprint density at radius 3 is 3.12 bits per heavy atom. The average Bonchev–Trinajstić information content (AvgIpc) is 2.94. The minimum absolute atomic E-state index is 0.786. The van der Waals surface area contributed by atoms with Gasteiger partial charge in [-0.25, -0.2) is 9.97 Å². The van der Waals surface area contributed by atoms with Crippen LogP contribution in [0.15, 0.2) is 34.2 Å². The molecule has 0 spiro atoms. The molecule has 0 aliphatic carbocycles. The molecule has 3 heterocycles. The highest BCUT2D eigenvalue weighted by molar-refractivity contribution is 9.10. The van der Waals surface area contributed by atoms with Crippen LogP contribution in [0.5, 0.6) is 0 Å². The molecule has 86 valence electrons. The average molecular weight is 308 g/mol. The van der Waals surface area contributed by atoms with E-state index in [0.717, 1.165) is 34.3 Å². The molecule has 0 aromatic carbocycles. The van der Waals surface area contributed by atoms with Gasteiger partial charge in [0.1, 0.15) is 5.82 Å². The van der Waals surface area contributed by atoms with Crippen molar-refractivity contribution in [3.8, 4) is 0 Å². The smallest absolute Gasteiger partial charge is 0.177 e. The summed E-state index contributed by atoms with van der Waals surface area (Å²) in [6.07, 6.45) is 3.72. The standard InChI is InChI=1S/C12H10BrN3S/c13-8-6-10-12(14-7-8)16-11(15-10)4-3-9-2-1-5-17-9/h1-2,5-7H,3-4H2,(H,14,15,16). The van der Waals surface area contributed by atoms with Gasteiger partial charge in [0.15, 0.2) is 5.65 Å². The van der Waals surface area contributed by atoms with Crippen LogP contribution >= 0.6 is 27.3 Å². The second kappa shape index (κ2) is 4.58. The Labute approximate surface area is 111 Å². The normalized spacial score (nSPS) is 11.1. The quantitative estimate of drug-likeness (QED) is 0.803. The number of hydrogen-bond donors (Lipinski definition) is 1. The summed E-state index contributed by atoms with van der Waals surface area (Å²) in [6.45, 7) is 0. The van der Waals surface area contributed by atoms with Crippen LogP contribution in [0, 0.1) is 0 Å². The van der Waals surface area contributed by atoms with Crippen molar-refractivity contribution >= 4 is 38.4 Å². The van der Waals surface area contributed by atoms with Gasteiger partial charge >= 0.3 is 0 Å². The van der Waals surface area contributed by atoms with E-state index in [0.29, 0.717) is 0 Å². The summed E-state index contributed by atoms with van der Waals surface area (Å²) in [7, 11) is 0. The Bertz CT molecular complexity index is 630. The first kappa shape index (κ1) is 10.9. The third-order valence-corrected chi connectivity index (χ3v) is 3.91. The van der Waals surface area contributed by atoms with Gasteiger partial charge in [-0.05, 0) is 39.9 Å². The van der Waals surface area contributed by atoms with Gasteiger partial charge in [-0.15, -0.1) is 11.3 Å². The van der Waals surface area contributed by atoms with Crippen molar-refractivity contribution in [3.05, 3.63) is 45.0 Å². The zero-order chi connectivity index (χ0) is 11.7. The Balaban J connectivity index is 1.81. The van der Waals surface area contributed by atoms with Gasteiger partial charge in [-0.3, -0.25) is 0 Å². The fraction of sp³-hybridized carbons (Fsp3) is 0.167. The molecule has 0 atom stereocenters. The van der Waals surface area contributed by atoms with Crippen molar-refractivity contribution in [3.63, 3.8) is 0 Å². The third-order valence-electron chi connectivity index (χ3n) is 2.54. The molecule has 0 amide bonds. The van der Waals surface area contributed by atoms with Gasteiger partial charge in [-0.2, -0.15) is 0 Å². The molecule has 3 aromatic heterocycles. The number of nitrogens with one attached hydrogen (secondary N) is 1. The molecule has 0 fully saturated rings. The van der Waals surface area contributed by atoms with Crippen molar-refractivity contribution in [2.45, 2.75) is 12.8 Å². The maximum Gasteiger partial charge on any atom is 0.177 e. The van der Waals surface area contributed by atoms with Crippen LogP contribution in [0.4, 0.5) is 0 Å². The molecule has 3 nitrogen and oxygen atoms in total. The number of pyridine rings is 1. The molecule has 0 saturated heterocycles. The largest absolute Gasteiger partial charge is 0.341 e. The highest BCUT2D eigenvalue weighted by atomic mass is 79.9. The molecule has 3 aromatic rings. The SMILES string of the molecule is Brc1cnc2nc(CCc3cccs3)[nH]c2c1. The van der Waals surface area contributed by atoms with E-state index in [2.05, 4.69) is 48.4 Å². The van der Waals surface area contributed by atoms with Crippen LogP contribution in [0.25, 0.3) is 11.2 Å². The second-order valence-corrected chi connectivity index (χ2v) is 5.74. The number of H-pyrrole nitrogens is 1. The summed E-state index contributed by atoms with van der Waals surface area (Å²) >= 11 is 5.19. The molecule has 0 aliphatic rings. The van der Waals surface area contributed by atoms with E-state index < -0.39 is 0 Å². The van der Waals surface area contributed by atoms with Crippen molar-refractivity contribution in [2.75, 3.05) is 0 Å². The zero-order valence-electron chi connectivity index (χ0n) is 8.98. The number of halogens is 1. The number of aromatic nitrogens is 3. The lowest BCUT2D eigenvalue weighted by Crippen LogP contribution is -1.90. The lowest BCUT2D eigenvalue weighted by atomic mass is 10.2. The van der Waals surface area contributed by atoms with Gasteiger partial charge < -0.3 is 4.98 Å². The number of aryl methyl sites for hydroxylation is 2. The Morgan fingerprint density at radius 2 is 2.29 bits per heavy atom. The van der Waals surface area contributed by atoms with Crippen molar-refractivity contribution in [1.82, 2.24) is 15.0 Å². The van der Waals surface area contributed by atoms with E-state index in [-0.39, 0.29) is 0 Å². The van der Waals surface area contributed by atoms with E-state index in [1.165, 1.54) is 4.88 Å². The minimum Gasteiger partial charge on any atom is -0.341 e. The molecule has 0 aliphatic heterocycles. The first-order valence-electron chi connectivity index (χ1n) is 5.34. The third kappa shape index (κ3) is 2.40. The molecule has 3 rings (SSSR count). The molecular weight excluding hydrogens is 298 g/mol. The molecule has 0 saturated carbocycles. The summed E-state index contributed by atoms with van der Waals surface area (Å²) in [4.78, 5) is 13.4. The first-order valence-corrected chi connectivity index (χ1v) is 7.01. The highest BCUT2D eigenvalue weighted by Gasteiger charge is 2.04. The van der Waals surface area contributed by atoms with Gasteiger partial charge in [0.2, 0.25) is 0 Å². The molecule has 0 radical (unpaired) electrons. The Kier molecular flexibility index (Phi) is 2.94. The van der Waals surface area contributed by atoms with Crippen LogP contribution < -0.4 is 0 Å². The van der Waals surface area contributed by atoms with Crippen LogP contribution in [-0.4, -0.2) is 15.0 Å². The van der Waals surface area contributed by atoms with Gasteiger partial charge in [0.05, 0.1) is 5.52 Å². The number of hydrogen-bond acceptors (Lipinski definition) is 3. The fourth-order valence-electron chi connectivity index (χ4n) is 1.74. The van der Waals surface area contributed by atoms with E-state index in [1.807, 2.05) is 6.07 Å². The highest BCUT2D eigenvalue weighted by Crippen LogP contribution is 2.16. The van der Waals surface area contributed by atoms with Gasteiger partial charge in [-0.1, -0.05) is 6.07 Å². The fourth-order valence-corrected chi connectivity index (χ4v) is 2.78. The maximum atomic E-state index is 4.47. The topological polar surface area (TPSA) is 41.6 Å². The Morgan fingerprint density at radius 1 is 1.35 bits per heavy atom. The van der Waals surface area contributed by atoms with Crippen LogP contribution in [-0.2, 0) is 12.8 Å². The molecule has 1 N–H and O–H groups in total. The van der Waals surface area contributed by atoms with E-state index in [9.17, 15) is 0 Å². The van der Waals surface area contributed by atoms with E-state index >= 15 is 0 Å². The van der Waals surface area contributed by atoms with Gasteiger partial charge in [0.25, 0.3) is 0 Å². The number of aromatic amines is 1. The zero-order valence-corrected chi connectivity index (χ0v) is 11.4. The number of rotatable bonds is 3. The molecule has 17 heavy (non-hydrogen) atoms. The van der Waals surface area contributed by atoms with Crippen molar-refractivity contribution in [2.24, 2.45) is 0 Å². The van der Waals surface area contributed by atoms with Crippen molar-refractivity contribution in [1.29, 1.82) is 0 Å². The summed E-state index contributed by atoms with van der Waals surface area (Å²) in [6, 6.07) is 6.24. The predicted molar refractivity (Wildman–Crippen MR) is 73.3 cm³/mol. The monoisotopic (exact) mass is 307 g/mol. The van der Waals surface area contributed by atoms with E-state index in [1.54, 1.807) is 17.5 Å². The molecule has 0 bridgehead atoms. The van der Waals surface area contributed by atoms with Gasteiger partial charge in [0, 0.05) is 22.0 Å². The summed E-state index contributed by atoms with van der Waals surface area (Å²) < 4.78 is 0.971. The molecule has 5 heteroatoms. The number of thiophene rings is 1. The van der Waals surface area contributed by atoms with Crippen LogP contribution in [0.3, 0.4) is 0 Å². The Hall–Kier alpha value is -1.20. The first-order chi connectivity index (χ1) is 8.31. The number of imidazole rings is 1. The van der Waals surface area contributed by atoms with Crippen LogP contribution in [0.1, 0.15) is 10.7 Å². The summed E-state index contributed by atoms with van der Waals surface area (Å²) in [5.74, 6) is 0.999. The lowest BCUT2D eigenvalue weighted by molar-refractivity contribution is 0.902. The summed E-state index contributed by atoms with van der Waals surface area (Å²) in [5.41, 5.74) is 1.77. The molecule has 0 unspecified atom stereocenters. The number of fused-ring (bicyclic) bond motifs is 1. The lowest BCUT2D eigenvalue weighted by Gasteiger charge is -1.93. The van der Waals surface area contributed by atoms with E-state index in [4.69, 9.17) is 0 Å². The number of nitrogens with zero attached hydrogens (tertiary/aromatic N) is 2.